The van der Waals surface area contributed by atoms with Crippen LogP contribution in [-0.4, -0.2) is 17.6 Å². The Morgan fingerprint density at radius 3 is 3.20 bits per heavy atom. The van der Waals surface area contributed by atoms with Crippen LogP contribution in [0.2, 0.25) is 0 Å². The highest BCUT2D eigenvalue weighted by Crippen LogP contribution is 2.11. The first-order valence-corrected chi connectivity index (χ1v) is 5.01. The Balaban J connectivity index is 1.84. The van der Waals surface area contributed by atoms with E-state index in [0.29, 0.717) is 12.4 Å². The van der Waals surface area contributed by atoms with Gasteiger partial charge in [-0.3, -0.25) is 0 Å². The summed E-state index contributed by atoms with van der Waals surface area (Å²) in [4.78, 5) is 3.71. The molecular formula is C11H13FN2O. The van der Waals surface area contributed by atoms with Crippen LogP contribution in [0.5, 0.6) is 0 Å². The van der Waals surface area contributed by atoms with Gasteiger partial charge in [-0.15, -0.1) is 0 Å². The summed E-state index contributed by atoms with van der Waals surface area (Å²) in [6.07, 6.45) is 5.88. The van der Waals surface area contributed by atoms with Crippen LogP contribution < -0.4 is 5.32 Å². The van der Waals surface area contributed by atoms with Crippen LogP contribution in [-0.2, 0) is 4.74 Å². The van der Waals surface area contributed by atoms with Gasteiger partial charge >= 0.3 is 0 Å². The van der Waals surface area contributed by atoms with Gasteiger partial charge in [0.15, 0.2) is 0 Å². The maximum atomic E-state index is 12.7. The summed E-state index contributed by atoms with van der Waals surface area (Å²) in [5, 5.41) is 3.05. The molecule has 2 rings (SSSR count). The summed E-state index contributed by atoms with van der Waals surface area (Å²) < 4.78 is 18.1. The van der Waals surface area contributed by atoms with E-state index in [-0.39, 0.29) is 6.10 Å². The maximum Gasteiger partial charge on any atom is 0.214 e. The lowest BCUT2D eigenvalue weighted by molar-refractivity contribution is 0.135. The lowest BCUT2D eigenvalue weighted by Crippen LogP contribution is -2.23. The predicted octanol–water partition coefficient (Wildman–Crippen LogP) is 2.33. The van der Waals surface area contributed by atoms with Crippen molar-refractivity contribution in [2.75, 3.05) is 11.9 Å². The number of rotatable bonds is 3. The van der Waals surface area contributed by atoms with E-state index in [1.54, 1.807) is 18.4 Å². The highest BCUT2D eigenvalue weighted by molar-refractivity contribution is 5.33. The molecule has 4 heteroatoms. The lowest BCUT2D eigenvalue weighted by atomic mass is 10.1. The van der Waals surface area contributed by atoms with Crippen molar-refractivity contribution in [3.05, 3.63) is 36.5 Å². The second-order valence-electron chi connectivity index (χ2n) is 3.43. The molecule has 1 atom stereocenters. The van der Waals surface area contributed by atoms with Crippen molar-refractivity contribution in [2.45, 2.75) is 18.9 Å². The first-order chi connectivity index (χ1) is 7.34. The third-order valence-electron chi connectivity index (χ3n) is 2.25. The van der Waals surface area contributed by atoms with Crippen molar-refractivity contribution < 1.29 is 9.13 Å². The molecule has 2 heterocycles. The van der Waals surface area contributed by atoms with Gasteiger partial charge in [0.05, 0.1) is 12.8 Å². The average molecular weight is 208 g/mol. The van der Waals surface area contributed by atoms with Gasteiger partial charge in [-0.25, -0.2) is 4.98 Å². The molecule has 0 amide bonds. The molecule has 1 aromatic rings. The second kappa shape index (κ2) is 4.77. The van der Waals surface area contributed by atoms with Gasteiger partial charge in [-0.05, 0) is 31.1 Å². The number of hydrogen-bond acceptors (Lipinski definition) is 3. The van der Waals surface area contributed by atoms with Crippen LogP contribution in [0.15, 0.2) is 30.5 Å². The number of ether oxygens (including phenoxy) is 1. The number of aromatic nitrogens is 1. The quantitative estimate of drug-likeness (QED) is 0.774. The van der Waals surface area contributed by atoms with Crippen LogP contribution >= 0.6 is 0 Å². The highest BCUT2D eigenvalue weighted by atomic mass is 19.1. The molecule has 3 nitrogen and oxygen atoms in total. The minimum Gasteiger partial charge on any atom is -0.497 e. The zero-order valence-electron chi connectivity index (χ0n) is 8.32. The molecule has 0 bridgehead atoms. The Labute approximate surface area is 88.0 Å². The average Bonchev–Trinajstić information content (AvgIpc) is 2.28. The Morgan fingerprint density at radius 1 is 1.53 bits per heavy atom. The Kier molecular flexibility index (Phi) is 3.17. The number of halogens is 1. The van der Waals surface area contributed by atoms with Gasteiger partial charge in [0.2, 0.25) is 5.95 Å². The topological polar surface area (TPSA) is 34.1 Å². The van der Waals surface area contributed by atoms with Crippen molar-refractivity contribution in [3.8, 4) is 0 Å². The monoisotopic (exact) mass is 208 g/mol. The van der Waals surface area contributed by atoms with Gasteiger partial charge in [0.1, 0.15) is 11.9 Å². The van der Waals surface area contributed by atoms with E-state index in [0.717, 1.165) is 12.8 Å². The van der Waals surface area contributed by atoms with Gasteiger partial charge in [0, 0.05) is 0 Å². The third-order valence-corrected chi connectivity index (χ3v) is 2.25. The highest BCUT2D eigenvalue weighted by Gasteiger charge is 2.10. The van der Waals surface area contributed by atoms with Crippen molar-refractivity contribution in [2.24, 2.45) is 0 Å². The van der Waals surface area contributed by atoms with Crippen LogP contribution in [0, 0.1) is 5.95 Å². The fourth-order valence-electron chi connectivity index (χ4n) is 1.46. The molecular weight excluding hydrogens is 195 g/mol. The summed E-state index contributed by atoms with van der Waals surface area (Å²) in [5.74, 6) is 0.0811. The summed E-state index contributed by atoms with van der Waals surface area (Å²) in [7, 11) is 0. The maximum absolute atomic E-state index is 12.7. The molecule has 1 unspecified atom stereocenters. The number of hydrogen-bond donors (Lipinski definition) is 1. The van der Waals surface area contributed by atoms with Gasteiger partial charge < -0.3 is 10.1 Å². The van der Waals surface area contributed by atoms with Gasteiger partial charge in [-0.1, -0.05) is 6.07 Å². The van der Waals surface area contributed by atoms with E-state index in [9.17, 15) is 4.39 Å². The molecule has 1 aliphatic heterocycles. The summed E-state index contributed by atoms with van der Waals surface area (Å²) in [6, 6.07) is 4.69. The van der Waals surface area contributed by atoms with Crippen LogP contribution in [0.1, 0.15) is 12.8 Å². The number of nitrogens with zero attached hydrogens (tertiary/aromatic N) is 1. The summed E-state index contributed by atoms with van der Waals surface area (Å²) in [6.45, 7) is 0.654. The van der Waals surface area contributed by atoms with E-state index in [2.05, 4.69) is 10.3 Å². The first kappa shape index (κ1) is 9.96. The van der Waals surface area contributed by atoms with Crippen LogP contribution in [0.4, 0.5) is 10.2 Å². The fourth-order valence-corrected chi connectivity index (χ4v) is 1.46. The standard InChI is InChI=1S/C11H13FN2O/c12-10-5-3-6-11(14-10)13-8-9-4-1-2-7-15-9/h2-3,5-7,9H,1,4,8H2,(H,13,14). The normalized spacial score (nSPS) is 19.7. The fraction of sp³-hybridized carbons (Fsp3) is 0.364. The molecule has 0 saturated heterocycles. The molecule has 1 N–H and O–H groups in total. The SMILES string of the molecule is Fc1cccc(NCC2CCC=CO2)n1. The number of anilines is 1. The van der Waals surface area contributed by atoms with Crippen molar-refractivity contribution >= 4 is 5.82 Å². The second-order valence-corrected chi connectivity index (χ2v) is 3.43. The lowest BCUT2D eigenvalue weighted by Gasteiger charge is -2.19. The van der Waals surface area contributed by atoms with Crippen molar-refractivity contribution in [1.29, 1.82) is 0 Å². The molecule has 0 fully saturated rings. The Morgan fingerprint density at radius 2 is 2.47 bits per heavy atom. The minimum atomic E-state index is -0.468. The van der Waals surface area contributed by atoms with E-state index >= 15 is 0 Å². The molecule has 0 radical (unpaired) electrons. The molecule has 1 aromatic heterocycles. The van der Waals surface area contributed by atoms with E-state index in [1.807, 2.05) is 6.08 Å². The number of allylic oxidation sites excluding steroid dienone is 1. The number of nitrogens with one attached hydrogen (secondary N) is 1. The molecule has 15 heavy (non-hydrogen) atoms. The smallest absolute Gasteiger partial charge is 0.214 e. The molecule has 0 saturated carbocycles. The molecule has 0 aliphatic carbocycles. The summed E-state index contributed by atoms with van der Waals surface area (Å²) >= 11 is 0. The molecule has 1 aliphatic rings. The zero-order chi connectivity index (χ0) is 10.5. The van der Waals surface area contributed by atoms with Gasteiger partial charge in [0.25, 0.3) is 0 Å². The van der Waals surface area contributed by atoms with Gasteiger partial charge in [-0.2, -0.15) is 4.39 Å². The van der Waals surface area contributed by atoms with Crippen LogP contribution in [0.3, 0.4) is 0 Å². The van der Waals surface area contributed by atoms with E-state index in [1.165, 1.54) is 6.07 Å². The van der Waals surface area contributed by atoms with E-state index < -0.39 is 5.95 Å². The number of pyridine rings is 1. The summed E-state index contributed by atoms with van der Waals surface area (Å²) in [5.41, 5.74) is 0. The molecule has 0 spiro atoms. The predicted molar refractivity (Wildman–Crippen MR) is 55.9 cm³/mol. The third kappa shape index (κ3) is 2.94. The minimum absolute atomic E-state index is 0.153. The first-order valence-electron chi connectivity index (χ1n) is 5.01. The van der Waals surface area contributed by atoms with E-state index in [4.69, 9.17) is 4.74 Å². The van der Waals surface area contributed by atoms with Crippen LogP contribution in [0.25, 0.3) is 0 Å². The molecule has 80 valence electrons. The molecule has 0 aromatic carbocycles. The Bertz CT molecular complexity index is 354. The zero-order valence-corrected chi connectivity index (χ0v) is 8.32. The Hall–Kier alpha value is -1.58. The van der Waals surface area contributed by atoms with Crippen molar-refractivity contribution in [3.63, 3.8) is 0 Å². The largest absolute Gasteiger partial charge is 0.497 e. The van der Waals surface area contributed by atoms with Crippen molar-refractivity contribution in [1.82, 2.24) is 4.98 Å².